The molecule has 0 atom stereocenters. The molecule has 0 spiro atoms. The van der Waals surface area contributed by atoms with Crippen LogP contribution in [-0.4, -0.2) is 6.61 Å². The maximum Gasteiger partial charge on any atom is 0.131 e. The number of rotatable bonds is 6. The highest BCUT2D eigenvalue weighted by Crippen LogP contribution is 2.21. The molecule has 0 bridgehead atoms. The summed E-state index contributed by atoms with van der Waals surface area (Å²) in [4.78, 5) is 0. The predicted molar refractivity (Wildman–Crippen MR) is 63.9 cm³/mol. The van der Waals surface area contributed by atoms with Gasteiger partial charge in [0.25, 0.3) is 0 Å². The third-order valence-electron chi connectivity index (χ3n) is 2.46. The first-order valence-electron chi connectivity index (χ1n) is 5.75. The lowest BCUT2D eigenvalue weighted by Gasteiger charge is -2.11. The van der Waals surface area contributed by atoms with Crippen molar-refractivity contribution in [3.8, 4) is 5.75 Å². The number of benzene rings is 1. The zero-order chi connectivity index (χ0) is 12.0. The van der Waals surface area contributed by atoms with Crippen molar-refractivity contribution in [2.75, 3.05) is 6.61 Å². The Morgan fingerprint density at radius 1 is 1.38 bits per heavy atom. The molecule has 0 aliphatic carbocycles. The zero-order valence-electron chi connectivity index (χ0n) is 10.0. The fourth-order valence-corrected chi connectivity index (χ4v) is 1.55. The Bertz CT molecular complexity index is 326. The molecule has 90 valence electrons. The van der Waals surface area contributed by atoms with Gasteiger partial charge in [-0.15, -0.1) is 0 Å². The summed E-state index contributed by atoms with van der Waals surface area (Å²) in [5.41, 5.74) is 5.95. The lowest BCUT2D eigenvalue weighted by Crippen LogP contribution is -2.06. The fourth-order valence-electron chi connectivity index (χ4n) is 1.55. The fraction of sp³-hybridized carbons (Fsp3) is 0.538. The molecule has 0 heterocycles. The van der Waals surface area contributed by atoms with Gasteiger partial charge in [0.05, 0.1) is 6.61 Å². The second kappa shape index (κ2) is 6.48. The van der Waals surface area contributed by atoms with E-state index in [1.54, 1.807) is 12.1 Å². The normalized spacial score (nSPS) is 10.8. The van der Waals surface area contributed by atoms with Crippen molar-refractivity contribution in [1.29, 1.82) is 0 Å². The van der Waals surface area contributed by atoms with Crippen molar-refractivity contribution in [3.63, 3.8) is 0 Å². The van der Waals surface area contributed by atoms with E-state index >= 15 is 0 Å². The van der Waals surface area contributed by atoms with Crippen molar-refractivity contribution in [2.45, 2.75) is 33.2 Å². The minimum atomic E-state index is -0.288. The molecule has 0 aromatic heterocycles. The van der Waals surface area contributed by atoms with Crippen molar-refractivity contribution in [1.82, 2.24) is 0 Å². The Hall–Kier alpha value is -1.09. The lowest BCUT2D eigenvalue weighted by molar-refractivity contribution is 0.293. The summed E-state index contributed by atoms with van der Waals surface area (Å²) in [5.74, 6) is 0.959. The minimum absolute atomic E-state index is 0.173. The molecule has 1 aromatic carbocycles. The third kappa shape index (κ3) is 3.81. The maximum absolute atomic E-state index is 13.3. The van der Waals surface area contributed by atoms with Crippen molar-refractivity contribution in [2.24, 2.45) is 11.7 Å². The number of ether oxygens (including phenoxy) is 1. The van der Waals surface area contributed by atoms with Crippen LogP contribution in [0.15, 0.2) is 18.2 Å². The van der Waals surface area contributed by atoms with E-state index in [2.05, 4.69) is 13.8 Å². The molecular formula is C13H20FNO. The van der Waals surface area contributed by atoms with Gasteiger partial charge in [0, 0.05) is 12.1 Å². The first-order valence-corrected chi connectivity index (χ1v) is 5.75. The topological polar surface area (TPSA) is 35.2 Å². The monoisotopic (exact) mass is 225 g/mol. The molecule has 1 rings (SSSR count). The van der Waals surface area contributed by atoms with Gasteiger partial charge in [0.2, 0.25) is 0 Å². The highest BCUT2D eigenvalue weighted by atomic mass is 19.1. The zero-order valence-corrected chi connectivity index (χ0v) is 10.0. The summed E-state index contributed by atoms with van der Waals surface area (Å²) < 4.78 is 18.9. The maximum atomic E-state index is 13.3. The molecule has 16 heavy (non-hydrogen) atoms. The molecule has 1 aromatic rings. The average Bonchev–Trinajstić information content (AvgIpc) is 2.24. The van der Waals surface area contributed by atoms with E-state index in [1.165, 1.54) is 6.07 Å². The van der Waals surface area contributed by atoms with E-state index in [9.17, 15) is 4.39 Å². The molecule has 0 saturated carbocycles. The van der Waals surface area contributed by atoms with Gasteiger partial charge >= 0.3 is 0 Å². The highest BCUT2D eigenvalue weighted by Gasteiger charge is 2.07. The van der Waals surface area contributed by atoms with Crippen molar-refractivity contribution < 1.29 is 9.13 Å². The van der Waals surface area contributed by atoms with Crippen LogP contribution in [0.25, 0.3) is 0 Å². The standard InChI is InChI=1S/C13H20FNO/c1-10(2)5-4-8-16-13-7-3-6-12(14)11(13)9-15/h3,6-7,10H,4-5,8-9,15H2,1-2H3. The molecule has 0 aliphatic heterocycles. The molecule has 0 fully saturated rings. The van der Waals surface area contributed by atoms with Gasteiger partial charge < -0.3 is 10.5 Å². The van der Waals surface area contributed by atoms with E-state index in [0.29, 0.717) is 23.8 Å². The highest BCUT2D eigenvalue weighted by molar-refractivity contribution is 5.34. The van der Waals surface area contributed by atoms with Gasteiger partial charge in [0.15, 0.2) is 0 Å². The first-order chi connectivity index (χ1) is 7.65. The van der Waals surface area contributed by atoms with Crippen LogP contribution in [0.4, 0.5) is 4.39 Å². The third-order valence-corrected chi connectivity index (χ3v) is 2.46. The summed E-state index contributed by atoms with van der Waals surface area (Å²) in [7, 11) is 0. The van der Waals surface area contributed by atoms with Crippen LogP contribution in [0.2, 0.25) is 0 Å². The second-order valence-corrected chi connectivity index (χ2v) is 4.31. The van der Waals surface area contributed by atoms with E-state index in [1.807, 2.05) is 0 Å². The van der Waals surface area contributed by atoms with E-state index in [4.69, 9.17) is 10.5 Å². The van der Waals surface area contributed by atoms with Crippen LogP contribution in [0.3, 0.4) is 0 Å². The van der Waals surface area contributed by atoms with Gasteiger partial charge in [-0.25, -0.2) is 4.39 Å². The van der Waals surface area contributed by atoms with Crippen LogP contribution >= 0.6 is 0 Å². The number of hydrogen-bond acceptors (Lipinski definition) is 2. The van der Waals surface area contributed by atoms with Crippen molar-refractivity contribution >= 4 is 0 Å². The van der Waals surface area contributed by atoms with Crippen LogP contribution < -0.4 is 10.5 Å². The van der Waals surface area contributed by atoms with Gasteiger partial charge in [-0.2, -0.15) is 0 Å². The molecule has 0 saturated heterocycles. The second-order valence-electron chi connectivity index (χ2n) is 4.31. The van der Waals surface area contributed by atoms with E-state index < -0.39 is 0 Å². The van der Waals surface area contributed by atoms with Gasteiger partial charge in [-0.1, -0.05) is 19.9 Å². The van der Waals surface area contributed by atoms with Crippen molar-refractivity contribution in [3.05, 3.63) is 29.6 Å². The largest absolute Gasteiger partial charge is 0.493 e. The van der Waals surface area contributed by atoms with Crippen LogP contribution in [-0.2, 0) is 6.54 Å². The van der Waals surface area contributed by atoms with Gasteiger partial charge in [-0.05, 0) is 30.9 Å². The summed E-state index contributed by atoms with van der Waals surface area (Å²) in [6.45, 7) is 5.14. The smallest absolute Gasteiger partial charge is 0.131 e. The summed E-state index contributed by atoms with van der Waals surface area (Å²) >= 11 is 0. The summed E-state index contributed by atoms with van der Waals surface area (Å²) in [6.07, 6.45) is 2.10. The van der Waals surface area contributed by atoms with E-state index in [-0.39, 0.29) is 12.4 Å². The summed E-state index contributed by atoms with van der Waals surface area (Å²) in [6, 6.07) is 4.82. The lowest BCUT2D eigenvalue weighted by atomic mass is 10.1. The minimum Gasteiger partial charge on any atom is -0.493 e. The summed E-state index contributed by atoms with van der Waals surface area (Å²) in [5, 5.41) is 0. The molecule has 2 N–H and O–H groups in total. The Kier molecular flexibility index (Phi) is 5.26. The molecule has 0 amide bonds. The number of halogens is 1. The van der Waals surface area contributed by atoms with Gasteiger partial charge in [-0.3, -0.25) is 0 Å². The average molecular weight is 225 g/mol. The molecular weight excluding hydrogens is 205 g/mol. The molecule has 0 radical (unpaired) electrons. The van der Waals surface area contributed by atoms with Gasteiger partial charge in [0.1, 0.15) is 11.6 Å². The molecule has 3 heteroatoms. The Labute approximate surface area is 96.6 Å². The van der Waals surface area contributed by atoms with E-state index in [0.717, 1.165) is 12.8 Å². The van der Waals surface area contributed by atoms with Crippen LogP contribution in [0.1, 0.15) is 32.3 Å². The Morgan fingerprint density at radius 2 is 2.12 bits per heavy atom. The molecule has 0 unspecified atom stereocenters. The first kappa shape index (κ1) is 13.0. The quantitative estimate of drug-likeness (QED) is 0.755. The SMILES string of the molecule is CC(C)CCCOc1cccc(F)c1CN. The number of hydrogen-bond donors (Lipinski definition) is 1. The number of nitrogens with two attached hydrogens (primary N) is 1. The molecule has 0 aliphatic rings. The van der Waals surface area contributed by atoms with Crippen LogP contribution in [0.5, 0.6) is 5.75 Å². The predicted octanol–water partition coefficient (Wildman–Crippen LogP) is 3.10. The van der Waals surface area contributed by atoms with Crippen LogP contribution in [0, 0.1) is 11.7 Å². The Balaban J connectivity index is 2.50. The Morgan fingerprint density at radius 3 is 2.75 bits per heavy atom. The molecule has 2 nitrogen and oxygen atoms in total.